The van der Waals surface area contributed by atoms with Crippen LogP contribution in [0, 0.1) is 11.7 Å². The van der Waals surface area contributed by atoms with Crippen LogP contribution in [0.5, 0.6) is 0 Å². The zero-order valence-electron chi connectivity index (χ0n) is 17.8. The maximum absolute atomic E-state index is 15.4. The third-order valence-electron chi connectivity index (χ3n) is 5.69. The number of carbonyl (C=O) groups is 2. The number of aromatic nitrogens is 5. The summed E-state index contributed by atoms with van der Waals surface area (Å²) in [6, 6.07) is 0. The van der Waals surface area contributed by atoms with Crippen LogP contribution in [0.3, 0.4) is 0 Å². The second-order valence-electron chi connectivity index (χ2n) is 7.87. The largest absolute Gasteiger partial charge is 0.483 e. The summed E-state index contributed by atoms with van der Waals surface area (Å²) in [6.07, 6.45) is 8.42. The molecule has 1 aromatic carbocycles. The van der Waals surface area contributed by atoms with Gasteiger partial charge in [-0.3, -0.25) is 19.7 Å². The van der Waals surface area contributed by atoms with Crippen LogP contribution in [-0.2, 0) is 14.3 Å². The number of benzene rings is 1. The molecule has 1 aliphatic heterocycles. The van der Waals surface area contributed by atoms with Crippen LogP contribution >= 0.6 is 11.6 Å². The summed E-state index contributed by atoms with van der Waals surface area (Å²) in [5, 5.41) is 16.9. The number of amides is 1. The lowest BCUT2D eigenvalue weighted by atomic mass is 9.99. The van der Waals surface area contributed by atoms with Gasteiger partial charge in [-0.05, 0) is 6.42 Å². The first-order valence-corrected chi connectivity index (χ1v) is 10.8. The molecule has 1 aliphatic carbocycles. The van der Waals surface area contributed by atoms with Gasteiger partial charge in [-0.2, -0.15) is 5.10 Å². The average molecular weight is 503 g/mol. The van der Waals surface area contributed by atoms with Gasteiger partial charge in [-0.1, -0.05) is 23.8 Å². The molecule has 0 saturated heterocycles. The minimum atomic E-state index is -1.09. The number of hydrogen-bond acceptors (Lipinski definition) is 6. The lowest BCUT2D eigenvalue weighted by molar-refractivity contribution is -0.123. The molecule has 4 heterocycles. The molecule has 3 aromatic heterocycles. The summed E-state index contributed by atoms with van der Waals surface area (Å²) in [5.74, 6) is -1.36. The molecular weight excluding hydrogens is 486 g/mol. The van der Waals surface area contributed by atoms with Crippen molar-refractivity contribution in [3.05, 3.63) is 53.3 Å². The molecule has 180 valence electrons. The Hall–Kier alpha value is -3.90. The van der Waals surface area contributed by atoms with E-state index < -0.39 is 29.9 Å². The Bertz CT molecular complexity index is 1490. The van der Waals surface area contributed by atoms with E-state index in [-0.39, 0.29) is 23.7 Å². The number of nitrogens with one attached hydrogen (secondary N) is 2. The third kappa shape index (κ3) is 4.10. The van der Waals surface area contributed by atoms with Crippen LogP contribution in [0.25, 0.3) is 27.8 Å². The lowest BCUT2D eigenvalue weighted by Crippen LogP contribution is -2.15. The van der Waals surface area contributed by atoms with E-state index in [0.29, 0.717) is 40.0 Å². The Morgan fingerprint density at radius 2 is 2.14 bits per heavy atom. The van der Waals surface area contributed by atoms with Gasteiger partial charge >= 0.3 is 0 Å². The third-order valence-corrected chi connectivity index (χ3v) is 6.05. The van der Waals surface area contributed by atoms with Gasteiger partial charge in [0, 0.05) is 22.7 Å². The maximum Gasteiger partial charge on any atom is 0.290 e. The van der Waals surface area contributed by atoms with Gasteiger partial charge in [-0.15, -0.1) is 0 Å². The van der Waals surface area contributed by atoms with Crippen molar-refractivity contribution in [2.45, 2.75) is 18.7 Å². The first-order chi connectivity index (χ1) is 16.9. The number of alkyl halides is 1. The molecule has 0 radical (unpaired) electrons. The monoisotopic (exact) mass is 502 g/mol. The second-order valence-corrected chi connectivity index (χ2v) is 8.25. The Morgan fingerprint density at radius 3 is 2.83 bits per heavy atom. The number of nitrogens with zero attached hydrogens (tertiary/aromatic N) is 4. The number of carbonyl (C=O) groups excluding carboxylic acids is 1. The quantitative estimate of drug-likeness (QED) is 0.286. The summed E-state index contributed by atoms with van der Waals surface area (Å²) in [6.45, 7) is 0.142. The average Bonchev–Trinajstić information content (AvgIpc) is 3.27. The number of halogens is 3. The van der Waals surface area contributed by atoms with Gasteiger partial charge in [0.05, 0.1) is 47.3 Å². The summed E-state index contributed by atoms with van der Waals surface area (Å²) in [5.41, 5.74) is 1.99. The van der Waals surface area contributed by atoms with E-state index in [1.807, 2.05) is 6.08 Å². The molecule has 3 N–H and O–H groups in total. The second kappa shape index (κ2) is 9.04. The molecule has 3 atom stereocenters. The van der Waals surface area contributed by atoms with Crippen molar-refractivity contribution in [1.82, 2.24) is 24.6 Å². The van der Waals surface area contributed by atoms with Gasteiger partial charge in [0.2, 0.25) is 5.91 Å². The van der Waals surface area contributed by atoms with Gasteiger partial charge in [0.1, 0.15) is 12.3 Å². The van der Waals surface area contributed by atoms with E-state index in [4.69, 9.17) is 26.2 Å². The Labute approximate surface area is 200 Å². The highest BCUT2D eigenvalue weighted by atomic mass is 35.5. The normalized spacial score (nSPS) is 20.6. The van der Waals surface area contributed by atoms with Gasteiger partial charge < -0.3 is 19.6 Å². The zero-order valence-corrected chi connectivity index (χ0v) is 18.5. The van der Waals surface area contributed by atoms with Gasteiger partial charge in [0.15, 0.2) is 17.3 Å². The molecule has 1 unspecified atom stereocenters. The smallest absolute Gasteiger partial charge is 0.290 e. The predicted molar refractivity (Wildman–Crippen MR) is 121 cm³/mol. The van der Waals surface area contributed by atoms with Crippen LogP contribution in [0.15, 0.2) is 36.9 Å². The molecular formula is C22H17ClF2N6O4. The molecule has 4 aromatic rings. The fourth-order valence-corrected chi connectivity index (χ4v) is 4.27. The van der Waals surface area contributed by atoms with E-state index in [2.05, 4.69) is 25.5 Å². The van der Waals surface area contributed by atoms with Crippen molar-refractivity contribution in [3.8, 4) is 11.3 Å². The van der Waals surface area contributed by atoms with Crippen LogP contribution < -0.4 is 5.32 Å². The first kappa shape index (κ1) is 22.9. The maximum atomic E-state index is 15.4. The van der Waals surface area contributed by atoms with Gasteiger partial charge in [0.25, 0.3) is 6.47 Å². The fourth-order valence-electron chi connectivity index (χ4n) is 3.97. The van der Waals surface area contributed by atoms with E-state index in [1.54, 1.807) is 29.1 Å². The standard InChI is InChI=1S/C21H15ClF2N6O2.CH2O2/c22-18-16(10-5-26-29-20(10)17(19(18)24)13-2-1-3-32-13)12-7-30-8-14(27-15(30)6-25-12)28-21(31)9-4-11(9)23;2-1-3/h1-2,5-9,11,13H,3-4H2,(H,26,29)(H,28,31);1H,(H,2,3)/t9-,11+,13?;/m1./s1. The van der Waals surface area contributed by atoms with Crippen molar-refractivity contribution in [1.29, 1.82) is 0 Å². The molecule has 13 heteroatoms. The van der Waals surface area contributed by atoms with Crippen LogP contribution in [0.1, 0.15) is 18.1 Å². The van der Waals surface area contributed by atoms with Crippen LogP contribution in [0.4, 0.5) is 14.6 Å². The number of rotatable bonds is 4. The molecule has 1 amide bonds. The van der Waals surface area contributed by atoms with E-state index in [9.17, 15) is 9.18 Å². The highest BCUT2D eigenvalue weighted by Gasteiger charge is 2.43. The fraction of sp³-hybridized carbons (Fsp3) is 0.227. The molecule has 1 fully saturated rings. The number of hydrogen-bond donors (Lipinski definition) is 3. The van der Waals surface area contributed by atoms with Crippen molar-refractivity contribution in [2.24, 2.45) is 5.92 Å². The summed E-state index contributed by atoms with van der Waals surface area (Å²) in [7, 11) is 0. The zero-order chi connectivity index (χ0) is 24.7. The van der Waals surface area contributed by atoms with E-state index in [0.717, 1.165) is 0 Å². The molecule has 0 spiro atoms. The Balaban J connectivity index is 0.000000806. The highest BCUT2D eigenvalue weighted by molar-refractivity contribution is 6.35. The minimum Gasteiger partial charge on any atom is -0.483 e. The molecule has 10 nitrogen and oxygen atoms in total. The van der Waals surface area contributed by atoms with E-state index >= 15 is 4.39 Å². The summed E-state index contributed by atoms with van der Waals surface area (Å²) < 4.78 is 35.7. The van der Waals surface area contributed by atoms with Crippen molar-refractivity contribution in [3.63, 3.8) is 0 Å². The predicted octanol–water partition coefficient (Wildman–Crippen LogP) is 3.69. The topological polar surface area (TPSA) is 134 Å². The molecule has 35 heavy (non-hydrogen) atoms. The van der Waals surface area contributed by atoms with Gasteiger partial charge in [-0.25, -0.2) is 13.8 Å². The lowest BCUT2D eigenvalue weighted by Gasteiger charge is -2.15. The number of ether oxygens (including phenoxy) is 1. The van der Waals surface area contributed by atoms with Crippen LogP contribution in [0.2, 0.25) is 5.02 Å². The number of H-pyrrole nitrogens is 1. The molecule has 2 aliphatic rings. The van der Waals surface area contributed by atoms with Crippen molar-refractivity contribution >= 4 is 46.3 Å². The highest BCUT2D eigenvalue weighted by Crippen LogP contribution is 2.42. The molecule has 6 rings (SSSR count). The summed E-state index contributed by atoms with van der Waals surface area (Å²) in [4.78, 5) is 29.0. The minimum absolute atomic E-state index is 0.0963. The number of fused-ring (bicyclic) bond motifs is 2. The number of carboxylic acid groups (broad SMARTS) is 1. The van der Waals surface area contributed by atoms with Crippen LogP contribution in [-0.4, -0.2) is 54.8 Å². The molecule has 0 bridgehead atoms. The summed E-state index contributed by atoms with van der Waals surface area (Å²) >= 11 is 6.47. The molecule has 1 saturated carbocycles. The number of anilines is 1. The SMILES string of the molecule is O=C(Nc1cn2cc(-c3c(Cl)c(F)c(C4C=CCO4)c4[nH]ncc34)ncc2n1)[C@@H]1C[C@@H]1F.O=CO. The first-order valence-electron chi connectivity index (χ1n) is 10.4. The van der Waals surface area contributed by atoms with E-state index in [1.165, 1.54) is 6.20 Å². The van der Waals surface area contributed by atoms with Crippen molar-refractivity contribution < 1.29 is 28.2 Å². The Morgan fingerprint density at radius 1 is 1.37 bits per heavy atom. The number of aromatic amines is 1. The Kier molecular flexibility index (Phi) is 5.91. The number of imidazole rings is 1. The van der Waals surface area contributed by atoms with Crippen molar-refractivity contribution in [2.75, 3.05) is 11.9 Å².